The molecule has 0 spiro atoms. The molecule has 0 aromatic carbocycles. The number of hydrogen-bond donors (Lipinski definition) is 0. The molecule has 2 heterocycles. The summed E-state index contributed by atoms with van der Waals surface area (Å²) in [7, 11) is 0. The van der Waals surface area contributed by atoms with Crippen LogP contribution in [0.1, 0.15) is 39.5 Å². The molecule has 3 heteroatoms. The molecule has 2 aliphatic rings. The normalized spacial score (nSPS) is 25.3. The molecule has 1 unspecified atom stereocenters. The summed E-state index contributed by atoms with van der Waals surface area (Å²) >= 11 is 3.68. The fourth-order valence-corrected chi connectivity index (χ4v) is 4.40. The van der Waals surface area contributed by atoms with Crippen molar-refractivity contribution in [3.63, 3.8) is 0 Å². The van der Waals surface area contributed by atoms with Gasteiger partial charge in [-0.1, -0.05) is 29.8 Å². The number of nitrogens with zero attached hydrogens (tertiary/aromatic N) is 2. The Labute approximate surface area is 128 Å². The molecule has 0 N–H and O–H groups in total. The average molecular weight is 331 g/mol. The molecular weight excluding hydrogens is 300 g/mol. The first-order valence-electron chi connectivity index (χ1n) is 8.19. The molecule has 0 bridgehead atoms. The minimum atomic E-state index is 0.793. The molecule has 0 amide bonds. The van der Waals surface area contributed by atoms with Crippen molar-refractivity contribution in [1.82, 2.24) is 9.80 Å². The highest BCUT2D eigenvalue weighted by Crippen LogP contribution is 2.23. The van der Waals surface area contributed by atoms with Crippen LogP contribution >= 0.6 is 15.9 Å². The van der Waals surface area contributed by atoms with Crippen LogP contribution in [0.15, 0.2) is 0 Å². The first-order chi connectivity index (χ1) is 9.19. The molecule has 0 radical (unpaired) electrons. The Balaban J connectivity index is 1.66. The van der Waals surface area contributed by atoms with E-state index in [-0.39, 0.29) is 0 Å². The van der Waals surface area contributed by atoms with Crippen molar-refractivity contribution in [1.29, 1.82) is 0 Å². The zero-order chi connectivity index (χ0) is 13.7. The second-order valence-corrected chi connectivity index (χ2v) is 7.56. The van der Waals surface area contributed by atoms with Crippen LogP contribution in [-0.2, 0) is 0 Å². The summed E-state index contributed by atoms with van der Waals surface area (Å²) < 4.78 is 0. The topological polar surface area (TPSA) is 6.48 Å². The summed E-state index contributed by atoms with van der Waals surface area (Å²) in [5.74, 6) is 2.58. The molecular formula is C16H31BrN2. The van der Waals surface area contributed by atoms with Gasteiger partial charge in [-0.15, -0.1) is 0 Å². The Morgan fingerprint density at radius 3 is 2.16 bits per heavy atom. The molecule has 112 valence electrons. The van der Waals surface area contributed by atoms with Crippen molar-refractivity contribution < 1.29 is 0 Å². The zero-order valence-corrected chi connectivity index (χ0v) is 14.4. The second kappa shape index (κ2) is 7.99. The van der Waals surface area contributed by atoms with Gasteiger partial charge in [0.25, 0.3) is 0 Å². The van der Waals surface area contributed by atoms with Crippen LogP contribution in [0, 0.1) is 17.8 Å². The fraction of sp³-hybridized carbons (Fsp3) is 1.00. The number of alkyl halides is 1. The Morgan fingerprint density at radius 1 is 1.00 bits per heavy atom. The Bertz CT molecular complexity index is 243. The van der Waals surface area contributed by atoms with Gasteiger partial charge in [-0.05, 0) is 69.6 Å². The summed E-state index contributed by atoms with van der Waals surface area (Å²) in [5, 5.41) is 1.15. The molecule has 19 heavy (non-hydrogen) atoms. The lowest BCUT2D eigenvalue weighted by molar-refractivity contribution is 0.132. The van der Waals surface area contributed by atoms with Crippen LogP contribution in [0.4, 0.5) is 0 Å². The van der Waals surface area contributed by atoms with Crippen molar-refractivity contribution >= 4 is 15.9 Å². The Hall–Kier alpha value is 0.400. The van der Waals surface area contributed by atoms with Gasteiger partial charge in [0.1, 0.15) is 0 Å². The van der Waals surface area contributed by atoms with Gasteiger partial charge in [0.05, 0.1) is 0 Å². The maximum absolute atomic E-state index is 3.68. The van der Waals surface area contributed by atoms with Gasteiger partial charge in [0.2, 0.25) is 0 Å². The van der Waals surface area contributed by atoms with Crippen LogP contribution in [-0.4, -0.2) is 54.4 Å². The predicted octanol–water partition coefficient (Wildman–Crippen LogP) is 3.46. The van der Waals surface area contributed by atoms with E-state index in [0.29, 0.717) is 0 Å². The van der Waals surface area contributed by atoms with Crippen molar-refractivity contribution in [3.05, 3.63) is 0 Å². The lowest BCUT2D eigenvalue weighted by Crippen LogP contribution is -2.41. The van der Waals surface area contributed by atoms with E-state index in [1.807, 2.05) is 0 Å². The standard InChI is InChI=1S/C16H31BrN2/c1-14(2)16(11-17)13-19-9-5-15(6-10-19)12-18-7-3-4-8-18/h14-16H,3-13H2,1-2H3. The van der Waals surface area contributed by atoms with Gasteiger partial charge in [-0.25, -0.2) is 0 Å². The van der Waals surface area contributed by atoms with E-state index in [9.17, 15) is 0 Å². The number of hydrogen-bond acceptors (Lipinski definition) is 2. The fourth-order valence-electron chi connectivity index (χ4n) is 3.45. The van der Waals surface area contributed by atoms with E-state index in [1.165, 1.54) is 65.0 Å². The minimum Gasteiger partial charge on any atom is -0.303 e. The van der Waals surface area contributed by atoms with Crippen LogP contribution in [0.5, 0.6) is 0 Å². The molecule has 0 aromatic rings. The third kappa shape index (κ3) is 5.02. The first kappa shape index (κ1) is 15.8. The monoisotopic (exact) mass is 330 g/mol. The second-order valence-electron chi connectivity index (χ2n) is 6.91. The molecule has 1 atom stereocenters. The van der Waals surface area contributed by atoms with Crippen LogP contribution in [0.25, 0.3) is 0 Å². The van der Waals surface area contributed by atoms with Crippen LogP contribution < -0.4 is 0 Å². The molecule has 0 aliphatic carbocycles. The van der Waals surface area contributed by atoms with E-state index in [1.54, 1.807) is 0 Å². The van der Waals surface area contributed by atoms with Crippen LogP contribution in [0.3, 0.4) is 0 Å². The van der Waals surface area contributed by atoms with Gasteiger partial charge in [0.15, 0.2) is 0 Å². The number of halogens is 1. The van der Waals surface area contributed by atoms with Crippen LogP contribution in [0.2, 0.25) is 0 Å². The third-order valence-electron chi connectivity index (χ3n) is 5.06. The summed E-state index contributed by atoms with van der Waals surface area (Å²) in [6.07, 6.45) is 5.70. The summed E-state index contributed by atoms with van der Waals surface area (Å²) in [6, 6.07) is 0. The highest BCUT2D eigenvalue weighted by atomic mass is 79.9. The summed E-state index contributed by atoms with van der Waals surface area (Å²) in [4.78, 5) is 5.39. The molecule has 2 aliphatic heterocycles. The maximum Gasteiger partial charge on any atom is 0.00743 e. The molecule has 2 nitrogen and oxygen atoms in total. The van der Waals surface area contributed by atoms with Crippen molar-refractivity contribution in [2.45, 2.75) is 39.5 Å². The quantitative estimate of drug-likeness (QED) is 0.688. The van der Waals surface area contributed by atoms with E-state index in [4.69, 9.17) is 0 Å². The number of piperidine rings is 1. The highest BCUT2D eigenvalue weighted by Gasteiger charge is 2.24. The number of rotatable bonds is 6. The Kier molecular flexibility index (Phi) is 6.64. The first-order valence-corrected chi connectivity index (χ1v) is 9.32. The maximum atomic E-state index is 3.68. The Morgan fingerprint density at radius 2 is 1.63 bits per heavy atom. The van der Waals surface area contributed by atoms with E-state index in [0.717, 1.165) is 23.1 Å². The lowest BCUT2D eigenvalue weighted by Gasteiger charge is -2.36. The predicted molar refractivity (Wildman–Crippen MR) is 87.0 cm³/mol. The van der Waals surface area contributed by atoms with E-state index in [2.05, 4.69) is 39.6 Å². The molecule has 0 saturated carbocycles. The highest BCUT2D eigenvalue weighted by molar-refractivity contribution is 9.09. The molecule has 2 fully saturated rings. The summed E-state index contributed by atoms with van der Waals surface area (Å²) in [6.45, 7) is 12.7. The van der Waals surface area contributed by atoms with Gasteiger partial charge in [0, 0.05) is 18.4 Å². The smallest absolute Gasteiger partial charge is 0.00743 e. The summed E-state index contributed by atoms with van der Waals surface area (Å²) in [5.41, 5.74) is 0. The molecule has 2 rings (SSSR count). The van der Waals surface area contributed by atoms with Crippen molar-refractivity contribution in [3.8, 4) is 0 Å². The van der Waals surface area contributed by atoms with Gasteiger partial charge in [-0.2, -0.15) is 0 Å². The largest absolute Gasteiger partial charge is 0.303 e. The van der Waals surface area contributed by atoms with Crippen molar-refractivity contribution in [2.75, 3.05) is 44.6 Å². The lowest BCUT2D eigenvalue weighted by atomic mass is 9.93. The molecule has 0 aromatic heterocycles. The van der Waals surface area contributed by atoms with Gasteiger partial charge in [-0.3, -0.25) is 0 Å². The van der Waals surface area contributed by atoms with E-state index < -0.39 is 0 Å². The molecule has 2 saturated heterocycles. The van der Waals surface area contributed by atoms with E-state index >= 15 is 0 Å². The minimum absolute atomic E-state index is 0.793. The third-order valence-corrected chi connectivity index (χ3v) is 5.89. The number of likely N-dealkylation sites (tertiary alicyclic amines) is 2. The average Bonchev–Trinajstić information content (AvgIpc) is 2.90. The SMILES string of the molecule is CC(C)C(CBr)CN1CCC(CN2CCCC2)CC1. The van der Waals surface area contributed by atoms with Gasteiger partial charge < -0.3 is 9.80 Å². The van der Waals surface area contributed by atoms with Crippen molar-refractivity contribution in [2.24, 2.45) is 17.8 Å². The zero-order valence-electron chi connectivity index (χ0n) is 12.8. The van der Waals surface area contributed by atoms with Gasteiger partial charge >= 0.3 is 0 Å².